The molecule has 1 aromatic carbocycles. The van der Waals surface area contributed by atoms with E-state index in [0.29, 0.717) is 17.5 Å². The zero-order valence-corrected chi connectivity index (χ0v) is 13.6. The Hall–Kier alpha value is -1.94. The van der Waals surface area contributed by atoms with E-state index in [4.69, 9.17) is 0 Å². The Kier molecular flexibility index (Phi) is 3.77. The predicted molar refractivity (Wildman–Crippen MR) is 89.8 cm³/mol. The number of aryl methyl sites for hydroxylation is 1. The normalized spacial score (nSPS) is 22.2. The summed E-state index contributed by atoms with van der Waals surface area (Å²) in [5.74, 6) is 2.01. The number of aromatic nitrogens is 2. The Morgan fingerprint density at radius 1 is 1.17 bits per heavy atom. The molecule has 2 aliphatic heterocycles. The third kappa shape index (κ3) is 2.51. The zero-order valence-electron chi connectivity index (χ0n) is 13.6. The molecule has 2 aromatic rings. The Morgan fingerprint density at radius 3 is 2.74 bits per heavy atom. The van der Waals surface area contributed by atoms with Crippen LogP contribution < -0.4 is 0 Å². The first-order valence-electron chi connectivity index (χ1n) is 8.55. The maximum atomic E-state index is 11.4. The number of hydrogen-bond donors (Lipinski definition) is 0. The van der Waals surface area contributed by atoms with Crippen molar-refractivity contribution >= 4 is 6.29 Å². The lowest BCUT2D eigenvalue weighted by Crippen LogP contribution is -2.33. The lowest BCUT2D eigenvalue weighted by atomic mass is 9.78. The van der Waals surface area contributed by atoms with Gasteiger partial charge in [-0.3, -0.25) is 4.79 Å². The summed E-state index contributed by atoms with van der Waals surface area (Å²) < 4.78 is 2.15. The van der Waals surface area contributed by atoms with Gasteiger partial charge in [-0.15, -0.1) is 0 Å². The summed E-state index contributed by atoms with van der Waals surface area (Å²) in [5, 5.41) is 0. The van der Waals surface area contributed by atoms with Crippen molar-refractivity contribution in [3.05, 3.63) is 53.1 Å². The SMILES string of the molecule is CN1CCC(C2c3ccccc3CCn3c(C=O)cnc32)CC1. The molecule has 1 atom stereocenters. The van der Waals surface area contributed by atoms with Gasteiger partial charge in [-0.2, -0.15) is 0 Å². The molecule has 23 heavy (non-hydrogen) atoms. The molecule has 0 radical (unpaired) electrons. The van der Waals surface area contributed by atoms with Crippen molar-refractivity contribution in [1.29, 1.82) is 0 Å². The number of carbonyl (C=O) groups is 1. The van der Waals surface area contributed by atoms with Gasteiger partial charge in [-0.1, -0.05) is 24.3 Å². The van der Waals surface area contributed by atoms with Crippen LogP contribution in [0.2, 0.25) is 0 Å². The molecule has 120 valence electrons. The maximum Gasteiger partial charge on any atom is 0.168 e. The van der Waals surface area contributed by atoms with Crippen LogP contribution in [0.5, 0.6) is 0 Å². The number of nitrogens with zero attached hydrogens (tertiary/aromatic N) is 3. The Labute approximate surface area is 137 Å². The van der Waals surface area contributed by atoms with Crippen LogP contribution in [0.15, 0.2) is 30.5 Å². The summed E-state index contributed by atoms with van der Waals surface area (Å²) in [5.41, 5.74) is 3.55. The number of carbonyl (C=O) groups excluding carboxylic acids is 1. The van der Waals surface area contributed by atoms with Crippen molar-refractivity contribution in [2.24, 2.45) is 5.92 Å². The van der Waals surface area contributed by atoms with Crippen LogP contribution in [-0.4, -0.2) is 40.9 Å². The summed E-state index contributed by atoms with van der Waals surface area (Å²) in [7, 11) is 2.20. The van der Waals surface area contributed by atoms with Crippen LogP contribution in [0, 0.1) is 5.92 Å². The second-order valence-corrected chi connectivity index (χ2v) is 6.88. The average Bonchev–Trinajstić information content (AvgIpc) is 2.91. The molecule has 4 heteroatoms. The molecule has 0 N–H and O–H groups in total. The van der Waals surface area contributed by atoms with Crippen molar-refractivity contribution in [3.8, 4) is 0 Å². The van der Waals surface area contributed by atoms with Gasteiger partial charge < -0.3 is 9.47 Å². The van der Waals surface area contributed by atoms with E-state index in [1.807, 2.05) is 0 Å². The maximum absolute atomic E-state index is 11.4. The third-order valence-corrected chi connectivity index (χ3v) is 5.55. The fraction of sp³-hybridized carbons (Fsp3) is 0.474. The van der Waals surface area contributed by atoms with Crippen LogP contribution in [0.1, 0.15) is 46.2 Å². The van der Waals surface area contributed by atoms with Crippen LogP contribution in [0.4, 0.5) is 0 Å². The summed E-state index contributed by atoms with van der Waals surface area (Å²) in [4.78, 5) is 18.5. The van der Waals surface area contributed by atoms with Gasteiger partial charge in [0.2, 0.25) is 0 Å². The lowest BCUT2D eigenvalue weighted by Gasteiger charge is -2.34. The van der Waals surface area contributed by atoms with Crippen LogP contribution in [0.3, 0.4) is 0 Å². The number of likely N-dealkylation sites (tertiary alicyclic amines) is 1. The minimum absolute atomic E-state index is 0.316. The molecule has 2 aliphatic rings. The summed E-state index contributed by atoms with van der Waals surface area (Å²) in [6.07, 6.45) is 6.05. The first-order chi connectivity index (χ1) is 11.3. The van der Waals surface area contributed by atoms with Crippen molar-refractivity contribution in [3.63, 3.8) is 0 Å². The van der Waals surface area contributed by atoms with Gasteiger partial charge in [0.05, 0.1) is 6.20 Å². The van der Waals surface area contributed by atoms with E-state index in [0.717, 1.165) is 38.2 Å². The molecule has 1 saturated heterocycles. The molecule has 0 bridgehead atoms. The number of aldehydes is 1. The molecule has 3 heterocycles. The number of benzene rings is 1. The van der Waals surface area contributed by atoms with Crippen LogP contribution in [0.25, 0.3) is 0 Å². The molecular formula is C19H23N3O. The summed E-state index contributed by atoms with van der Waals surface area (Å²) >= 11 is 0. The number of hydrogen-bond acceptors (Lipinski definition) is 3. The van der Waals surface area contributed by atoms with Gasteiger partial charge in [-0.25, -0.2) is 4.98 Å². The number of fused-ring (bicyclic) bond motifs is 2. The molecule has 4 rings (SSSR count). The second-order valence-electron chi connectivity index (χ2n) is 6.88. The number of piperidine rings is 1. The van der Waals surface area contributed by atoms with E-state index < -0.39 is 0 Å². The highest BCUT2D eigenvalue weighted by Crippen LogP contribution is 2.40. The topological polar surface area (TPSA) is 38.1 Å². The first kappa shape index (κ1) is 14.6. The lowest BCUT2D eigenvalue weighted by molar-refractivity contribution is 0.111. The smallest absolute Gasteiger partial charge is 0.168 e. The predicted octanol–water partition coefficient (Wildman–Crippen LogP) is 2.73. The van der Waals surface area contributed by atoms with Gasteiger partial charge in [0.1, 0.15) is 11.5 Å². The minimum Gasteiger partial charge on any atom is -0.325 e. The van der Waals surface area contributed by atoms with Gasteiger partial charge in [-0.05, 0) is 56.4 Å². The van der Waals surface area contributed by atoms with E-state index in [1.54, 1.807) is 6.20 Å². The standard InChI is InChI=1S/C19H23N3O/c1-21-9-6-15(7-10-21)18-17-5-3-2-4-14(17)8-11-22-16(13-23)12-20-19(18)22/h2-5,12-13,15,18H,6-11H2,1H3. The van der Waals surface area contributed by atoms with Crippen molar-refractivity contribution < 1.29 is 4.79 Å². The fourth-order valence-corrected chi connectivity index (χ4v) is 4.25. The van der Waals surface area contributed by atoms with E-state index >= 15 is 0 Å². The van der Waals surface area contributed by atoms with Crippen LogP contribution >= 0.6 is 0 Å². The highest BCUT2D eigenvalue weighted by Gasteiger charge is 2.34. The number of imidazole rings is 1. The van der Waals surface area contributed by atoms with Crippen LogP contribution in [-0.2, 0) is 13.0 Å². The van der Waals surface area contributed by atoms with Crippen molar-refractivity contribution in [1.82, 2.24) is 14.5 Å². The van der Waals surface area contributed by atoms with Gasteiger partial charge in [0.25, 0.3) is 0 Å². The molecular weight excluding hydrogens is 286 g/mol. The van der Waals surface area contributed by atoms with Gasteiger partial charge >= 0.3 is 0 Å². The molecule has 1 unspecified atom stereocenters. The van der Waals surface area contributed by atoms with Gasteiger partial charge in [0.15, 0.2) is 6.29 Å². The Balaban J connectivity index is 1.81. The largest absolute Gasteiger partial charge is 0.325 e. The highest BCUT2D eigenvalue weighted by molar-refractivity contribution is 5.72. The zero-order chi connectivity index (χ0) is 15.8. The second kappa shape index (κ2) is 5.93. The summed E-state index contributed by atoms with van der Waals surface area (Å²) in [6.45, 7) is 3.14. The molecule has 0 amide bonds. The monoisotopic (exact) mass is 309 g/mol. The van der Waals surface area contributed by atoms with E-state index in [9.17, 15) is 4.79 Å². The third-order valence-electron chi connectivity index (χ3n) is 5.55. The van der Waals surface area contributed by atoms with Crippen molar-refractivity contribution in [2.45, 2.75) is 31.7 Å². The molecule has 0 spiro atoms. The van der Waals surface area contributed by atoms with E-state index in [1.165, 1.54) is 24.0 Å². The quantitative estimate of drug-likeness (QED) is 0.801. The Morgan fingerprint density at radius 2 is 1.96 bits per heavy atom. The van der Waals surface area contributed by atoms with E-state index in [-0.39, 0.29) is 0 Å². The van der Waals surface area contributed by atoms with Gasteiger partial charge in [0, 0.05) is 12.5 Å². The average molecular weight is 309 g/mol. The molecule has 1 fully saturated rings. The highest BCUT2D eigenvalue weighted by atomic mass is 16.1. The minimum atomic E-state index is 0.316. The molecule has 1 aromatic heterocycles. The molecule has 4 nitrogen and oxygen atoms in total. The van der Waals surface area contributed by atoms with Crippen molar-refractivity contribution in [2.75, 3.05) is 20.1 Å². The van der Waals surface area contributed by atoms with E-state index in [2.05, 4.69) is 45.8 Å². The number of rotatable bonds is 2. The molecule has 0 aliphatic carbocycles. The Bertz CT molecular complexity index is 713. The summed E-state index contributed by atoms with van der Waals surface area (Å²) in [6, 6.07) is 8.77. The first-order valence-corrected chi connectivity index (χ1v) is 8.55. The fourth-order valence-electron chi connectivity index (χ4n) is 4.25. The molecule has 0 saturated carbocycles.